The summed E-state index contributed by atoms with van der Waals surface area (Å²) in [6, 6.07) is 9.19. The van der Waals surface area contributed by atoms with Gasteiger partial charge in [-0.15, -0.1) is 11.6 Å². The Morgan fingerprint density at radius 1 is 1.47 bits per heavy atom. The number of halogens is 1. The largest absolute Gasteiger partial charge is 0.312 e. The molecule has 0 heterocycles. The lowest BCUT2D eigenvalue weighted by molar-refractivity contribution is 0.474. The van der Waals surface area contributed by atoms with Gasteiger partial charge in [-0.3, -0.25) is 0 Å². The first-order chi connectivity index (χ1) is 7.35. The van der Waals surface area contributed by atoms with E-state index in [0.29, 0.717) is 17.8 Å². The number of alkyl halides is 1. The smallest absolute Gasteiger partial charge is 0.0377 e. The van der Waals surface area contributed by atoms with Gasteiger partial charge in [-0.05, 0) is 24.0 Å². The van der Waals surface area contributed by atoms with Gasteiger partial charge in [-0.2, -0.15) is 0 Å². The van der Waals surface area contributed by atoms with Crippen molar-refractivity contribution in [2.45, 2.75) is 31.7 Å². The van der Waals surface area contributed by atoms with Gasteiger partial charge in [0.05, 0.1) is 0 Å². The van der Waals surface area contributed by atoms with Crippen LogP contribution in [-0.2, 0) is 6.42 Å². The van der Waals surface area contributed by atoms with Crippen LogP contribution in [0.25, 0.3) is 0 Å². The molecule has 1 N–H and O–H groups in total. The van der Waals surface area contributed by atoms with Crippen LogP contribution in [0.5, 0.6) is 0 Å². The molecule has 0 spiro atoms. The van der Waals surface area contributed by atoms with E-state index >= 15 is 0 Å². The third-order valence-electron chi connectivity index (χ3n) is 3.29. The van der Waals surface area contributed by atoms with Gasteiger partial charge in [0.15, 0.2) is 0 Å². The molecule has 1 aliphatic carbocycles. The summed E-state index contributed by atoms with van der Waals surface area (Å²) in [5, 5.41) is 3.53. The van der Waals surface area contributed by atoms with Crippen LogP contribution in [0.3, 0.4) is 0 Å². The third-order valence-corrected chi connectivity index (χ3v) is 3.67. The molecule has 0 saturated heterocycles. The molecule has 1 nitrogen and oxygen atoms in total. The second-order valence-electron chi connectivity index (χ2n) is 4.27. The molecule has 15 heavy (non-hydrogen) atoms. The molecule has 2 rings (SSSR count). The van der Waals surface area contributed by atoms with Crippen molar-refractivity contribution < 1.29 is 0 Å². The van der Waals surface area contributed by atoms with Crippen molar-refractivity contribution in [2.75, 3.05) is 12.4 Å². The Kier molecular flexibility index (Phi) is 3.66. The summed E-state index contributed by atoms with van der Waals surface area (Å²) in [5.74, 6) is 1.42. The maximum Gasteiger partial charge on any atom is 0.0377 e. The molecular weight excluding hydrogens is 206 g/mol. The number of hydrogen-bond acceptors (Lipinski definition) is 1. The van der Waals surface area contributed by atoms with Crippen LogP contribution in [0.4, 0.5) is 0 Å². The van der Waals surface area contributed by atoms with Gasteiger partial charge in [0, 0.05) is 24.4 Å². The maximum absolute atomic E-state index is 5.85. The minimum absolute atomic E-state index is 0.472. The van der Waals surface area contributed by atoms with Gasteiger partial charge in [0.25, 0.3) is 0 Å². The molecular formula is C13H18ClN. The summed E-state index contributed by atoms with van der Waals surface area (Å²) >= 11 is 5.85. The van der Waals surface area contributed by atoms with Crippen molar-refractivity contribution in [3.05, 3.63) is 35.4 Å². The quantitative estimate of drug-likeness (QED) is 0.757. The molecule has 1 aromatic carbocycles. The third kappa shape index (κ3) is 2.35. The lowest BCUT2D eigenvalue weighted by atomic mass is 9.77. The molecule has 0 fully saturated rings. The fraction of sp³-hybridized carbons (Fsp3) is 0.538. The normalized spacial score (nSPS) is 20.5. The number of nitrogens with one attached hydrogen (secondary N) is 1. The molecule has 1 aliphatic rings. The molecule has 1 aromatic rings. The minimum Gasteiger partial charge on any atom is -0.312 e. The fourth-order valence-electron chi connectivity index (χ4n) is 2.16. The first-order valence-electron chi connectivity index (χ1n) is 5.72. The Bertz CT molecular complexity index is 320. The maximum atomic E-state index is 5.85. The van der Waals surface area contributed by atoms with E-state index in [9.17, 15) is 0 Å². The van der Waals surface area contributed by atoms with Gasteiger partial charge in [0.1, 0.15) is 0 Å². The molecule has 2 unspecified atom stereocenters. The molecule has 82 valence electrons. The minimum atomic E-state index is 0.472. The zero-order chi connectivity index (χ0) is 10.7. The molecule has 0 saturated carbocycles. The van der Waals surface area contributed by atoms with Gasteiger partial charge in [0.2, 0.25) is 0 Å². The van der Waals surface area contributed by atoms with Crippen molar-refractivity contribution in [3.63, 3.8) is 0 Å². The predicted octanol–water partition coefficient (Wildman–Crippen LogP) is 2.93. The molecule has 2 atom stereocenters. The van der Waals surface area contributed by atoms with Gasteiger partial charge in [-0.1, -0.05) is 31.2 Å². The number of rotatable bonds is 5. The molecule has 2 heteroatoms. The molecule has 0 amide bonds. The first kappa shape index (κ1) is 11.0. The Morgan fingerprint density at radius 3 is 2.93 bits per heavy atom. The van der Waals surface area contributed by atoms with E-state index in [2.05, 4.69) is 36.5 Å². The molecule has 0 bridgehead atoms. The Labute approximate surface area is 96.8 Å². The topological polar surface area (TPSA) is 12.0 Å². The van der Waals surface area contributed by atoms with Crippen LogP contribution >= 0.6 is 11.6 Å². The fourth-order valence-corrected chi connectivity index (χ4v) is 2.49. The summed E-state index contributed by atoms with van der Waals surface area (Å²) in [7, 11) is 0. The Hall–Kier alpha value is -0.530. The van der Waals surface area contributed by atoms with Crippen molar-refractivity contribution in [2.24, 2.45) is 0 Å². The van der Waals surface area contributed by atoms with Crippen LogP contribution in [0.1, 0.15) is 30.4 Å². The summed E-state index contributed by atoms with van der Waals surface area (Å²) in [6.07, 6.45) is 2.33. The van der Waals surface area contributed by atoms with E-state index in [4.69, 9.17) is 11.6 Å². The number of benzene rings is 1. The van der Waals surface area contributed by atoms with Gasteiger partial charge >= 0.3 is 0 Å². The molecule has 0 aliphatic heterocycles. The lowest BCUT2D eigenvalue weighted by Gasteiger charge is -2.31. The SMILES string of the molecule is CCC(CCl)NCC1Cc2ccccc21. The van der Waals surface area contributed by atoms with Crippen LogP contribution < -0.4 is 5.32 Å². The highest BCUT2D eigenvalue weighted by molar-refractivity contribution is 6.18. The van der Waals surface area contributed by atoms with Crippen molar-refractivity contribution in [3.8, 4) is 0 Å². The highest BCUT2D eigenvalue weighted by Gasteiger charge is 2.25. The zero-order valence-corrected chi connectivity index (χ0v) is 9.93. The van der Waals surface area contributed by atoms with Crippen molar-refractivity contribution in [1.82, 2.24) is 5.32 Å². The summed E-state index contributed by atoms with van der Waals surface area (Å²) in [4.78, 5) is 0. The highest BCUT2D eigenvalue weighted by atomic mass is 35.5. The van der Waals surface area contributed by atoms with E-state index in [0.717, 1.165) is 13.0 Å². The predicted molar refractivity (Wildman–Crippen MR) is 65.7 cm³/mol. The standard InChI is InChI=1S/C13H18ClN/c1-2-12(8-14)15-9-11-7-10-5-3-4-6-13(10)11/h3-6,11-12,15H,2,7-9H2,1H3. The monoisotopic (exact) mass is 223 g/mol. The second kappa shape index (κ2) is 5.00. The van der Waals surface area contributed by atoms with Gasteiger partial charge in [-0.25, -0.2) is 0 Å². The van der Waals surface area contributed by atoms with E-state index < -0.39 is 0 Å². The van der Waals surface area contributed by atoms with E-state index in [1.54, 1.807) is 0 Å². The van der Waals surface area contributed by atoms with Crippen LogP contribution in [0.15, 0.2) is 24.3 Å². The van der Waals surface area contributed by atoms with Crippen LogP contribution in [0.2, 0.25) is 0 Å². The lowest BCUT2D eigenvalue weighted by Crippen LogP contribution is -2.36. The van der Waals surface area contributed by atoms with Gasteiger partial charge < -0.3 is 5.32 Å². The van der Waals surface area contributed by atoms with Crippen LogP contribution in [0, 0.1) is 0 Å². The highest BCUT2D eigenvalue weighted by Crippen LogP contribution is 2.34. The number of hydrogen-bond donors (Lipinski definition) is 1. The average molecular weight is 224 g/mol. The molecule has 0 radical (unpaired) electrons. The Balaban J connectivity index is 1.84. The van der Waals surface area contributed by atoms with E-state index in [-0.39, 0.29) is 0 Å². The Morgan fingerprint density at radius 2 is 2.27 bits per heavy atom. The summed E-state index contributed by atoms with van der Waals surface area (Å²) < 4.78 is 0. The summed E-state index contributed by atoms with van der Waals surface area (Å²) in [6.45, 7) is 3.25. The van der Waals surface area contributed by atoms with E-state index in [1.165, 1.54) is 17.5 Å². The number of fused-ring (bicyclic) bond motifs is 1. The van der Waals surface area contributed by atoms with Crippen molar-refractivity contribution >= 4 is 11.6 Å². The van der Waals surface area contributed by atoms with Crippen molar-refractivity contribution in [1.29, 1.82) is 0 Å². The zero-order valence-electron chi connectivity index (χ0n) is 9.17. The van der Waals surface area contributed by atoms with Crippen LogP contribution in [-0.4, -0.2) is 18.5 Å². The summed E-state index contributed by atoms with van der Waals surface area (Å²) in [5.41, 5.74) is 3.04. The van der Waals surface area contributed by atoms with E-state index in [1.807, 2.05) is 0 Å². The second-order valence-corrected chi connectivity index (χ2v) is 4.58. The average Bonchev–Trinajstić information content (AvgIpc) is 2.25. The first-order valence-corrected chi connectivity index (χ1v) is 6.25. The molecule has 0 aromatic heterocycles.